The van der Waals surface area contributed by atoms with Crippen molar-refractivity contribution < 1.29 is 4.42 Å². The number of furan rings is 1. The predicted octanol–water partition coefficient (Wildman–Crippen LogP) is 3.49. The van der Waals surface area contributed by atoms with E-state index in [1.165, 1.54) is 11.1 Å². The third kappa shape index (κ3) is 2.46. The Labute approximate surface area is 118 Å². The Balaban J connectivity index is 1.91. The molecule has 0 aliphatic rings. The summed E-state index contributed by atoms with van der Waals surface area (Å²) in [6.45, 7) is 2.09. The van der Waals surface area contributed by atoms with Crippen molar-refractivity contribution in [2.75, 3.05) is 0 Å². The minimum absolute atomic E-state index is 0.0429. The van der Waals surface area contributed by atoms with Gasteiger partial charge in [-0.15, -0.1) is 0 Å². The molecular weight excluding hydrogens is 248 g/mol. The van der Waals surface area contributed by atoms with Gasteiger partial charge in [-0.2, -0.15) is 0 Å². The zero-order chi connectivity index (χ0) is 13.9. The molecule has 3 rings (SSSR count). The molecule has 3 aromatic rings. The molecule has 102 valence electrons. The lowest BCUT2D eigenvalue weighted by Crippen LogP contribution is -2.29. The number of rotatable bonds is 4. The van der Waals surface area contributed by atoms with E-state index in [4.69, 9.17) is 10.3 Å². The van der Waals surface area contributed by atoms with E-state index in [2.05, 4.69) is 42.7 Å². The molecule has 3 N–H and O–H groups in total. The highest BCUT2D eigenvalue weighted by molar-refractivity contribution is 5.81. The van der Waals surface area contributed by atoms with Crippen molar-refractivity contribution in [3.8, 4) is 0 Å². The van der Waals surface area contributed by atoms with Crippen LogP contribution in [-0.4, -0.2) is 0 Å². The van der Waals surface area contributed by atoms with Crippen LogP contribution < -0.4 is 11.3 Å². The number of hydrazine groups is 1. The van der Waals surface area contributed by atoms with Crippen LogP contribution in [0.5, 0.6) is 0 Å². The van der Waals surface area contributed by atoms with Crippen LogP contribution >= 0.6 is 0 Å². The number of benzene rings is 2. The second-order valence-electron chi connectivity index (χ2n) is 5.10. The molecule has 0 spiro atoms. The number of aryl methyl sites for hydroxylation is 1. The number of nitrogens with one attached hydrogen (secondary N) is 1. The lowest BCUT2D eigenvalue weighted by Gasteiger charge is -2.15. The van der Waals surface area contributed by atoms with E-state index < -0.39 is 0 Å². The lowest BCUT2D eigenvalue weighted by molar-refractivity contribution is 0.536. The Morgan fingerprint density at radius 3 is 2.60 bits per heavy atom. The molecule has 1 unspecified atom stereocenters. The molecule has 0 amide bonds. The number of fused-ring (bicyclic) bond motifs is 1. The molecule has 1 aromatic heterocycles. The number of hydrogen-bond acceptors (Lipinski definition) is 3. The van der Waals surface area contributed by atoms with Crippen LogP contribution in [0.25, 0.3) is 11.0 Å². The standard InChI is InChI=1S/C17H18N2O/c1-12-6-8-13(9-7-12)10-16(19-18)15-11-20-17-5-3-2-4-14(15)17/h2-9,11,16,19H,10,18H2,1H3. The normalized spacial score (nSPS) is 12.7. The van der Waals surface area contributed by atoms with Gasteiger partial charge in [0.25, 0.3) is 0 Å². The quantitative estimate of drug-likeness (QED) is 0.561. The predicted molar refractivity (Wildman–Crippen MR) is 81.2 cm³/mol. The van der Waals surface area contributed by atoms with Crippen molar-refractivity contribution in [3.05, 3.63) is 71.5 Å². The molecule has 0 saturated carbocycles. The second-order valence-corrected chi connectivity index (χ2v) is 5.10. The first-order valence-electron chi connectivity index (χ1n) is 6.76. The zero-order valence-electron chi connectivity index (χ0n) is 11.5. The van der Waals surface area contributed by atoms with Crippen molar-refractivity contribution in [1.29, 1.82) is 0 Å². The molecule has 0 aliphatic heterocycles. The van der Waals surface area contributed by atoms with Gasteiger partial charge in [-0.05, 0) is 25.0 Å². The van der Waals surface area contributed by atoms with E-state index >= 15 is 0 Å². The van der Waals surface area contributed by atoms with E-state index in [0.29, 0.717) is 0 Å². The minimum Gasteiger partial charge on any atom is -0.464 e. The summed E-state index contributed by atoms with van der Waals surface area (Å²) < 4.78 is 5.59. The first-order valence-corrected chi connectivity index (χ1v) is 6.76. The molecule has 0 bridgehead atoms. The highest BCUT2D eigenvalue weighted by atomic mass is 16.3. The first kappa shape index (κ1) is 12.9. The third-order valence-corrected chi connectivity index (χ3v) is 3.65. The summed E-state index contributed by atoms with van der Waals surface area (Å²) in [6.07, 6.45) is 2.63. The van der Waals surface area contributed by atoms with Crippen LogP contribution in [0.15, 0.2) is 59.2 Å². The molecule has 0 aliphatic carbocycles. The van der Waals surface area contributed by atoms with Gasteiger partial charge in [-0.1, -0.05) is 48.0 Å². The zero-order valence-corrected chi connectivity index (χ0v) is 11.5. The maximum absolute atomic E-state index is 5.74. The molecule has 0 saturated heterocycles. The van der Waals surface area contributed by atoms with Gasteiger partial charge in [0.2, 0.25) is 0 Å². The maximum atomic E-state index is 5.74. The topological polar surface area (TPSA) is 51.2 Å². The van der Waals surface area contributed by atoms with Crippen molar-refractivity contribution in [2.45, 2.75) is 19.4 Å². The van der Waals surface area contributed by atoms with Crippen LogP contribution in [0.1, 0.15) is 22.7 Å². The second kappa shape index (κ2) is 5.49. The average molecular weight is 266 g/mol. The van der Waals surface area contributed by atoms with Gasteiger partial charge in [0.15, 0.2) is 0 Å². The Morgan fingerprint density at radius 2 is 1.85 bits per heavy atom. The fourth-order valence-electron chi connectivity index (χ4n) is 2.49. The number of hydrogen-bond donors (Lipinski definition) is 2. The summed E-state index contributed by atoms with van der Waals surface area (Å²) in [5, 5.41) is 1.11. The number of para-hydroxylation sites is 1. The van der Waals surface area contributed by atoms with E-state index in [1.807, 2.05) is 18.2 Å². The molecule has 20 heavy (non-hydrogen) atoms. The van der Waals surface area contributed by atoms with Gasteiger partial charge < -0.3 is 4.42 Å². The van der Waals surface area contributed by atoms with Crippen molar-refractivity contribution >= 4 is 11.0 Å². The molecule has 0 fully saturated rings. The summed E-state index contributed by atoms with van der Waals surface area (Å²) in [7, 11) is 0. The summed E-state index contributed by atoms with van der Waals surface area (Å²) in [5.74, 6) is 5.74. The summed E-state index contributed by atoms with van der Waals surface area (Å²) in [4.78, 5) is 0. The van der Waals surface area contributed by atoms with Crippen molar-refractivity contribution in [1.82, 2.24) is 5.43 Å². The molecule has 1 atom stereocenters. The van der Waals surface area contributed by atoms with Crippen LogP contribution in [0.2, 0.25) is 0 Å². The molecular formula is C17H18N2O. The van der Waals surface area contributed by atoms with Crippen LogP contribution in [0, 0.1) is 6.92 Å². The minimum atomic E-state index is 0.0429. The van der Waals surface area contributed by atoms with E-state index in [0.717, 1.165) is 23.0 Å². The average Bonchev–Trinajstić information content (AvgIpc) is 2.91. The van der Waals surface area contributed by atoms with Gasteiger partial charge in [-0.3, -0.25) is 11.3 Å². The first-order chi connectivity index (χ1) is 9.78. The highest BCUT2D eigenvalue weighted by Gasteiger charge is 2.16. The Morgan fingerprint density at radius 1 is 1.10 bits per heavy atom. The third-order valence-electron chi connectivity index (χ3n) is 3.65. The van der Waals surface area contributed by atoms with Crippen LogP contribution in [-0.2, 0) is 6.42 Å². The molecule has 0 radical (unpaired) electrons. The highest BCUT2D eigenvalue weighted by Crippen LogP contribution is 2.28. The van der Waals surface area contributed by atoms with Crippen molar-refractivity contribution in [2.24, 2.45) is 5.84 Å². The Kier molecular flexibility index (Phi) is 3.54. The van der Waals surface area contributed by atoms with Crippen LogP contribution in [0.3, 0.4) is 0 Å². The Hall–Kier alpha value is -2.10. The van der Waals surface area contributed by atoms with Gasteiger partial charge in [0.05, 0.1) is 12.3 Å². The monoisotopic (exact) mass is 266 g/mol. The largest absolute Gasteiger partial charge is 0.464 e. The van der Waals surface area contributed by atoms with E-state index in [-0.39, 0.29) is 6.04 Å². The van der Waals surface area contributed by atoms with E-state index in [1.54, 1.807) is 6.26 Å². The number of nitrogens with two attached hydrogens (primary N) is 1. The van der Waals surface area contributed by atoms with Crippen LogP contribution in [0.4, 0.5) is 0 Å². The molecule has 3 heteroatoms. The molecule has 3 nitrogen and oxygen atoms in total. The SMILES string of the molecule is Cc1ccc(CC(NN)c2coc3ccccc23)cc1. The smallest absolute Gasteiger partial charge is 0.134 e. The molecule has 2 aromatic carbocycles. The Bertz CT molecular complexity index is 700. The van der Waals surface area contributed by atoms with Gasteiger partial charge >= 0.3 is 0 Å². The summed E-state index contributed by atoms with van der Waals surface area (Å²) in [5.41, 5.74) is 7.41. The van der Waals surface area contributed by atoms with E-state index in [9.17, 15) is 0 Å². The van der Waals surface area contributed by atoms with Crippen molar-refractivity contribution in [3.63, 3.8) is 0 Å². The summed E-state index contributed by atoms with van der Waals surface area (Å²) >= 11 is 0. The fourth-order valence-corrected chi connectivity index (χ4v) is 2.49. The molecule has 1 heterocycles. The van der Waals surface area contributed by atoms with Gasteiger partial charge in [-0.25, -0.2) is 0 Å². The fraction of sp³-hybridized carbons (Fsp3) is 0.176. The van der Waals surface area contributed by atoms with Gasteiger partial charge in [0.1, 0.15) is 5.58 Å². The maximum Gasteiger partial charge on any atom is 0.134 e. The van der Waals surface area contributed by atoms with Gasteiger partial charge in [0, 0.05) is 10.9 Å². The summed E-state index contributed by atoms with van der Waals surface area (Å²) in [6, 6.07) is 16.6. The lowest BCUT2D eigenvalue weighted by atomic mass is 9.98.